The molecule has 1 unspecified atom stereocenters. The lowest BCUT2D eigenvalue weighted by atomic mass is 10.2. The van der Waals surface area contributed by atoms with Crippen molar-refractivity contribution in [1.29, 1.82) is 0 Å². The Hall–Kier alpha value is -1.01. The number of aromatic nitrogens is 1. The molecule has 0 aromatic carbocycles. The zero-order chi connectivity index (χ0) is 12.1. The van der Waals surface area contributed by atoms with Gasteiger partial charge in [0.05, 0.1) is 7.11 Å². The zero-order valence-electron chi connectivity index (χ0n) is 10.3. The fraction of sp³-hybridized carbons (Fsp3) is 0.700. The normalized spacial score (nSPS) is 12.8. The Morgan fingerprint density at radius 3 is 2.81 bits per heavy atom. The number of nitrogens with one attached hydrogen (secondary N) is 1. The van der Waals surface area contributed by atoms with Gasteiger partial charge in [-0.05, 0) is 45.5 Å². The lowest BCUT2D eigenvalue weighted by molar-refractivity contribution is 0.389. The lowest BCUT2D eigenvalue weighted by Gasteiger charge is -2.17. The largest absolute Gasteiger partial charge is 0.490 e. The van der Waals surface area contributed by atoms with Gasteiger partial charge in [0, 0.05) is 6.04 Å². The van der Waals surface area contributed by atoms with Gasteiger partial charge in [0.15, 0.2) is 16.6 Å². The van der Waals surface area contributed by atoms with Crippen molar-refractivity contribution in [2.45, 2.75) is 19.4 Å². The SMILES string of the molecule is COc1c(N)nsc1NC(C)CCN(C)C. The second kappa shape index (κ2) is 5.91. The fourth-order valence-corrected chi connectivity index (χ4v) is 2.13. The molecule has 5 nitrogen and oxygen atoms in total. The molecule has 0 saturated carbocycles. The Labute approximate surface area is 101 Å². The third-order valence-electron chi connectivity index (χ3n) is 2.27. The number of rotatable bonds is 6. The monoisotopic (exact) mass is 244 g/mol. The smallest absolute Gasteiger partial charge is 0.197 e. The van der Waals surface area contributed by atoms with Crippen LogP contribution in [0.2, 0.25) is 0 Å². The average molecular weight is 244 g/mol. The summed E-state index contributed by atoms with van der Waals surface area (Å²) in [4.78, 5) is 2.16. The highest BCUT2D eigenvalue weighted by Gasteiger charge is 2.13. The van der Waals surface area contributed by atoms with Crippen molar-refractivity contribution >= 4 is 22.4 Å². The minimum absolute atomic E-state index is 0.371. The molecule has 0 radical (unpaired) electrons. The highest BCUT2D eigenvalue weighted by molar-refractivity contribution is 7.11. The molecule has 92 valence electrons. The number of nitrogens with two attached hydrogens (primary N) is 1. The van der Waals surface area contributed by atoms with Crippen LogP contribution in [0.1, 0.15) is 13.3 Å². The molecule has 0 aliphatic carbocycles. The van der Waals surface area contributed by atoms with Crippen LogP contribution in [0.3, 0.4) is 0 Å². The van der Waals surface area contributed by atoms with Crippen LogP contribution in [-0.2, 0) is 0 Å². The van der Waals surface area contributed by atoms with E-state index in [4.69, 9.17) is 10.5 Å². The molecular formula is C10H20N4OS. The first-order chi connectivity index (χ1) is 7.54. The van der Waals surface area contributed by atoms with E-state index in [2.05, 4.69) is 35.6 Å². The van der Waals surface area contributed by atoms with Gasteiger partial charge in [-0.15, -0.1) is 0 Å². The van der Waals surface area contributed by atoms with Crippen molar-refractivity contribution in [3.05, 3.63) is 0 Å². The van der Waals surface area contributed by atoms with Gasteiger partial charge >= 0.3 is 0 Å². The molecule has 1 aromatic rings. The molecule has 3 N–H and O–H groups in total. The lowest BCUT2D eigenvalue weighted by Crippen LogP contribution is -2.22. The van der Waals surface area contributed by atoms with Crippen molar-refractivity contribution in [2.75, 3.05) is 38.8 Å². The molecule has 0 aliphatic rings. The van der Waals surface area contributed by atoms with Crippen LogP contribution in [0.4, 0.5) is 10.8 Å². The molecule has 1 rings (SSSR count). The van der Waals surface area contributed by atoms with Crippen molar-refractivity contribution in [3.63, 3.8) is 0 Å². The molecular weight excluding hydrogens is 224 g/mol. The quantitative estimate of drug-likeness (QED) is 0.793. The van der Waals surface area contributed by atoms with E-state index in [1.54, 1.807) is 7.11 Å². The van der Waals surface area contributed by atoms with Crippen molar-refractivity contribution < 1.29 is 4.74 Å². The van der Waals surface area contributed by atoms with E-state index in [-0.39, 0.29) is 0 Å². The van der Waals surface area contributed by atoms with E-state index >= 15 is 0 Å². The molecule has 0 fully saturated rings. The van der Waals surface area contributed by atoms with Gasteiger partial charge < -0.3 is 20.7 Å². The van der Waals surface area contributed by atoms with Gasteiger partial charge in [-0.1, -0.05) is 0 Å². The predicted octanol–water partition coefficient (Wildman–Crippen LogP) is 1.49. The summed E-state index contributed by atoms with van der Waals surface area (Å²) in [7, 11) is 5.74. The number of hydrogen-bond donors (Lipinski definition) is 2. The summed E-state index contributed by atoms with van der Waals surface area (Å²) in [6.07, 6.45) is 1.06. The average Bonchev–Trinajstić information content (AvgIpc) is 2.56. The maximum atomic E-state index is 5.68. The highest BCUT2D eigenvalue weighted by Crippen LogP contribution is 2.35. The van der Waals surface area contributed by atoms with Crippen molar-refractivity contribution in [1.82, 2.24) is 9.27 Å². The number of hydrogen-bond acceptors (Lipinski definition) is 6. The minimum Gasteiger partial charge on any atom is -0.490 e. The molecule has 1 aromatic heterocycles. The Kier molecular flexibility index (Phi) is 4.82. The van der Waals surface area contributed by atoms with Crippen molar-refractivity contribution in [3.8, 4) is 5.75 Å². The molecule has 0 spiro atoms. The van der Waals surface area contributed by atoms with Crippen LogP contribution >= 0.6 is 11.5 Å². The standard InChI is InChI=1S/C10H20N4OS/c1-7(5-6-14(2)3)12-10-8(15-4)9(11)13-16-10/h7,12H,5-6H2,1-4H3,(H2,11,13). The number of methoxy groups -OCH3 is 1. The molecule has 16 heavy (non-hydrogen) atoms. The van der Waals surface area contributed by atoms with Gasteiger partial charge in [-0.3, -0.25) is 0 Å². The fourth-order valence-electron chi connectivity index (χ4n) is 1.33. The van der Waals surface area contributed by atoms with E-state index in [1.165, 1.54) is 11.5 Å². The first-order valence-corrected chi connectivity index (χ1v) is 6.02. The topological polar surface area (TPSA) is 63.4 Å². The van der Waals surface area contributed by atoms with Crippen LogP contribution in [-0.4, -0.2) is 43.1 Å². The number of anilines is 2. The summed E-state index contributed by atoms with van der Waals surface area (Å²) in [6, 6.07) is 0.371. The number of nitrogen functional groups attached to an aromatic ring is 1. The van der Waals surface area contributed by atoms with Gasteiger partial charge in [-0.2, -0.15) is 4.37 Å². The molecule has 0 bridgehead atoms. The highest BCUT2D eigenvalue weighted by atomic mass is 32.1. The first kappa shape index (κ1) is 13.1. The Morgan fingerprint density at radius 2 is 2.25 bits per heavy atom. The predicted molar refractivity (Wildman–Crippen MR) is 69.3 cm³/mol. The summed E-state index contributed by atoms with van der Waals surface area (Å²) < 4.78 is 9.25. The van der Waals surface area contributed by atoms with Crippen LogP contribution in [0, 0.1) is 0 Å². The van der Waals surface area contributed by atoms with E-state index in [1.807, 2.05) is 0 Å². The Morgan fingerprint density at radius 1 is 1.56 bits per heavy atom. The maximum Gasteiger partial charge on any atom is 0.197 e. The van der Waals surface area contributed by atoms with E-state index in [9.17, 15) is 0 Å². The second-order valence-electron chi connectivity index (χ2n) is 4.07. The Bertz CT molecular complexity index is 327. The number of ether oxygens (including phenoxy) is 1. The third kappa shape index (κ3) is 3.53. The second-order valence-corrected chi connectivity index (χ2v) is 4.84. The van der Waals surface area contributed by atoms with E-state index in [0.29, 0.717) is 17.6 Å². The summed E-state index contributed by atoms with van der Waals surface area (Å²) in [6.45, 7) is 3.18. The van der Waals surface area contributed by atoms with Crippen LogP contribution < -0.4 is 15.8 Å². The van der Waals surface area contributed by atoms with Crippen LogP contribution in [0.25, 0.3) is 0 Å². The molecule has 0 amide bonds. The van der Waals surface area contributed by atoms with Crippen LogP contribution in [0.5, 0.6) is 5.75 Å². The van der Waals surface area contributed by atoms with Gasteiger partial charge in [0.2, 0.25) is 0 Å². The van der Waals surface area contributed by atoms with Crippen LogP contribution in [0.15, 0.2) is 0 Å². The minimum atomic E-state index is 0.371. The van der Waals surface area contributed by atoms with Crippen molar-refractivity contribution in [2.24, 2.45) is 0 Å². The molecule has 0 saturated heterocycles. The molecule has 6 heteroatoms. The van der Waals surface area contributed by atoms with E-state index in [0.717, 1.165) is 18.0 Å². The molecule has 1 heterocycles. The molecule has 0 aliphatic heterocycles. The third-order valence-corrected chi connectivity index (χ3v) is 3.04. The number of nitrogens with zero attached hydrogens (tertiary/aromatic N) is 2. The summed E-state index contributed by atoms with van der Waals surface area (Å²) >= 11 is 1.34. The zero-order valence-corrected chi connectivity index (χ0v) is 11.1. The summed E-state index contributed by atoms with van der Waals surface area (Å²) in [5.41, 5.74) is 5.68. The Balaban J connectivity index is 2.52. The van der Waals surface area contributed by atoms with Gasteiger partial charge in [-0.25, -0.2) is 0 Å². The van der Waals surface area contributed by atoms with Gasteiger partial charge in [0.25, 0.3) is 0 Å². The van der Waals surface area contributed by atoms with E-state index < -0.39 is 0 Å². The summed E-state index contributed by atoms with van der Waals surface area (Å²) in [5, 5.41) is 4.27. The maximum absolute atomic E-state index is 5.68. The summed E-state index contributed by atoms with van der Waals surface area (Å²) in [5.74, 6) is 1.11. The molecule has 1 atom stereocenters. The first-order valence-electron chi connectivity index (χ1n) is 5.25. The van der Waals surface area contributed by atoms with Gasteiger partial charge in [0.1, 0.15) is 0 Å².